The van der Waals surface area contributed by atoms with Crippen molar-refractivity contribution < 1.29 is 19.4 Å². The molecule has 1 saturated heterocycles. The number of aliphatic carboxylic acids is 1. The zero-order valence-corrected chi connectivity index (χ0v) is 13.0. The third-order valence-corrected chi connectivity index (χ3v) is 4.93. The molecule has 2 aliphatic rings. The van der Waals surface area contributed by atoms with Crippen molar-refractivity contribution in [1.29, 1.82) is 0 Å². The second-order valence-electron chi connectivity index (χ2n) is 6.81. The van der Waals surface area contributed by atoms with E-state index in [1.807, 2.05) is 7.05 Å². The number of carboxylic acid groups (broad SMARTS) is 1. The van der Waals surface area contributed by atoms with E-state index in [-0.39, 0.29) is 17.7 Å². The van der Waals surface area contributed by atoms with E-state index >= 15 is 0 Å². The fraction of sp³-hybridized carbons (Fsp3) is 0.875. The molecular formula is C16H27NO4. The molecule has 1 atom stereocenters. The molecule has 2 rings (SSSR count). The van der Waals surface area contributed by atoms with Crippen LogP contribution < -0.4 is 0 Å². The first-order valence-corrected chi connectivity index (χ1v) is 8.04. The van der Waals surface area contributed by atoms with Gasteiger partial charge in [-0.25, -0.2) is 0 Å². The lowest BCUT2D eigenvalue weighted by molar-refractivity contribution is -0.141. The van der Waals surface area contributed by atoms with Crippen LogP contribution in [0.4, 0.5) is 0 Å². The Labute approximate surface area is 126 Å². The fourth-order valence-electron chi connectivity index (χ4n) is 3.76. The number of hydrogen-bond donors (Lipinski definition) is 1. The number of amides is 1. The summed E-state index contributed by atoms with van der Waals surface area (Å²) in [7, 11) is 1.83. The van der Waals surface area contributed by atoms with Gasteiger partial charge >= 0.3 is 5.97 Å². The minimum atomic E-state index is -0.784. The second-order valence-corrected chi connectivity index (χ2v) is 6.81. The molecule has 1 aliphatic heterocycles. The summed E-state index contributed by atoms with van der Waals surface area (Å²) in [6, 6.07) is 0. The summed E-state index contributed by atoms with van der Waals surface area (Å²) in [5.41, 5.74) is -0.305. The second kappa shape index (κ2) is 7.25. The maximum atomic E-state index is 12.5. The van der Waals surface area contributed by atoms with Crippen LogP contribution >= 0.6 is 0 Å². The Morgan fingerprint density at radius 2 is 1.95 bits per heavy atom. The van der Waals surface area contributed by atoms with Crippen molar-refractivity contribution in [2.45, 2.75) is 51.4 Å². The first-order chi connectivity index (χ1) is 10.0. The van der Waals surface area contributed by atoms with Gasteiger partial charge in [-0.3, -0.25) is 9.59 Å². The lowest BCUT2D eigenvalue weighted by Gasteiger charge is -2.31. The average molecular weight is 297 g/mol. The van der Waals surface area contributed by atoms with Gasteiger partial charge in [0.15, 0.2) is 0 Å². The Bertz CT molecular complexity index is 370. The molecule has 1 saturated carbocycles. The number of carboxylic acids is 1. The molecule has 1 aliphatic carbocycles. The van der Waals surface area contributed by atoms with Gasteiger partial charge in [-0.05, 0) is 37.0 Å². The number of hydrogen-bond acceptors (Lipinski definition) is 3. The van der Waals surface area contributed by atoms with Crippen LogP contribution in [-0.2, 0) is 14.3 Å². The van der Waals surface area contributed by atoms with Crippen LogP contribution in [0, 0.1) is 11.3 Å². The Hall–Kier alpha value is -1.10. The summed E-state index contributed by atoms with van der Waals surface area (Å²) >= 11 is 0. The fourth-order valence-corrected chi connectivity index (χ4v) is 3.76. The minimum absolute atomic E-state index is 0.0868. The molecule has 0 bridgehead atoms. The zero-order valence-electron chi connectivity index (χ0n) is 13.0. The van der Waals surface area contributed by atoms with Crippen molar-refractivity contribution in [2.75, 3.05) is 26.8 Å². The third-order valence-electron chi connectivity index (χ3n) is 4.93. The van der Waals surface area contributed by atoms with Gasteiger partial charge in [0.1, 0.15) is 0 Å². The largest absolute Gasteiger partial charge is 0.481 e. The molecule has 2 fully saturated rings. The topological polar surface area (TPSA) is 66.8 Å². The van der Waals surface area contributed by atoms with Gasteiger partial charge in [-0.1, -0.05) is 12.8 Å². The summed E-state index contributed by atoms with van der Waals surface area (Å²) in [6.45, 7) is 2.29. The molecule has 0 aromatic rings. The normalized spacial score (nSPS) is 24.7. The van der Waals surface area contributed by atoms with Gasteiger partial charge in [0.2, 0.25) is 5.91 Å². The van der Waals surface area contributed by atoms with Gasteiger partial charge < -0.3 is 14.7 Å². The number of ether oxygens (including phenoxy) is 1. The summed E-state index contributed by atoms with van der Waals surface area (Å²) in [5, 5.41) is 9.11. The van der Waals surface area contributed by atoms with Crippen LogP contribution in [0.25, 0.3) is 0 Å². The van der Waals surface area contributed by atoms with Crippen LogP contribution in [-0.4, -0.2) is 48.7 Å². The molecule has 0 radical (unpaired) electrons. The SMILES string of the molecule is CN(CC1CCCOC1)C(=O)CC1(CC(=O)O)CCCC1. The molecule has 1 unspecified atom stereocenters. The molecule has 5 heteroatoms. The Morgan fingerprint density at radius 3 is 2.52 bits per heavy atom. The van der Waals surface area contributed by atoms with Gasteiger partial charge in [-0.15, -0.1) is 0 Å². The highest BCUT2D eigenvalue weighted by Crippen LogP contribution is 2.44. The molecule has 120 valence electrons. The number of carbonyl (C=O) groups is 2. The van der Waals surface area contributed by atoms with Crippen LogP contribution in [0.3, 0.4) is 0 Å². The predicted molar refractivity (Wildman–Crippen MR) is 79.0 cm³/mol. The molecule has 1 N–H and O–H groups in total. The molecule has 0 aromatic carbocycles. The summed E-state index contributed by atoms with van der Waals surface area (Å²) < 4.78 is 5.45. The standard InChI is InChI=1S/C16H27NO4/c1-17(11-13-5-4-8-21-12-13)14(18)9-16(10-15(19)20)6-2-3-7-16/h13H,2-12H2,1H3,(H,19,20). The van der Waals surface area contributed by atoms with Crippen molar-refractivity contribution in [3.8, 4) is 0 Å². The van der Waals surface area contributed by atoms with Crippen molar-refractivity contribution in [2.24, 2.45) is 11.3 Å². The average Bonchev–Trinajstić information content (AvgIpc) is 2.87. The first kappa shape index (κ1) is 16.3. The summed E-state index contributed by atoms with van der Waals surface area (Å²) in [4.78, 5) is 25.3. The van der Waals surface area contributed by atoms with Gasteiger partial charge in [0.05, 0.1) is 13.0 Å². The summed E-state index contributed by atoms with van der Waals surface area (Å²) in [5.74, 6) is -0.275. The van der Waals surface area contributed by atoms with Crippen LogP contribution in [0.1, 0.15) is 51.4 Å². The molecule has 21 heavy (non-hydrogen) atoms. The van der Waals surface area contributed by atoms with Crippen LogP contribution in [0.2, 0.25) is 0 Å². The van der Waals surface area contributed by atoms with Gasteiger partial charge in [0, 0.05) is 26.6 Å². The maximum Gasteiger partial charge on any atom is 0.303 e. The molecule has 1 heterocycles. The lowest BCUT2D eigenvalue weighted by atomic mass is 9.79. The van der Waals surface area contributed by atoms with Gasteiger partial charge in [-0.2, -0.15) is 0 Å². The molecule has 0 spiro atoms. The smallest absolute Gasteiger partial charge is 0.303 e. The third kappa shape index (κ3) is 4.70. The van der Waals surface area contributed by atoms with Crippen LogP contribution in [0.5, 0.6) is 0 Å². The molecule has 1 amide bonds. The first-order valence-electron chi connectivity index (χ1n) is 8.04. The van der Waals surface area contributed by atoms with E-state index in [0.29, 0.717) is 12.3 Å². The van der Waals surface area contributed by atoms with Crippen molar-refractivity contribution in [3.05, 3.63) is 0 Å². The van der Waals surface area contributed by atoms with E-state index < -0.39 is 5.97 Å². The minimum Gasteiger partial charge on any atom is -0.481 e. The van der Waals surface area contributed by atoms with Crippen molar-refractivity contribution in [1.82, 2.24) is 4.90 Å². The Balaban J connectivity index is 1.87. The molecule has 5 nitrogen and oxygen atoms in total. The maximum absolute atomic E-state index is 12.5. The monoisotopic (exact) mass is 297 g/mol. The zero-order chi connectivity index (χ0) is 15.3. The van der Waals surface area contributed by atoms with Crippen molar-refractivity contribution in [3.63, 3.8) is 0 Å². The highest BCUT2D eigenvalue weighted by Gasteiger charge is 2.38. The van der Waals surface area contributed by atoms with E-state index in [9.17, 15) is 9.59 Å². The van der Waals surface area contributed by atoms with E-state index in [0.717, 1.165) is 58.3 Å². The number of nitrogens with zero attached hydrogens (tertiary/aromatic N) is 1. The van der Waals surface area contributed by atoms with Crippen LogP contribution in [0.15, 0.2) is 0 Å². The highest BCUT2D eigenvalue weighted by atomic mass is 16.5. The van der Waals surface area contributed by atoms with E-state index in [2.05, 4.69) is 0 Å². The predicted octanol–water partition coefficient (Wildman–Crippen LogP) is 2.30. The molecular weight excluding hydrogens is 270 g/mol. The molecule has 0 aromatic heterocycles. The Morgan fingerprint density at radius 1 is 1.24 bits per heavy atom. The Kier molecular flexibility index (Phi) is 5.62. The van der Waals surface area contributed by atoms with E-state index in [1.54, 1.807) is 4.90 Å². The number of rotatable bonds is 6. The van der Waals surface area contributed by atoms with E-state index in [4.69, 9.17) is 9.84 Å². The summed E-state index contributed by atoms with van der Waals surface area (Å²) in [6.07, 6.45) is 6.49. The van der Waals surface area contributed by atoms with Gasteiger partial charge in [0.25, 0.3) is 0 Å². The lowest BCUT2D eigenvalue weighted by Crippen LogP contribution is -2.38. The number of carbonyl (C=O) groups excluding carboxylic acids is 1. The quantitative estimate of drug-likeness (QED) is 0.817. The van der Waals surface area contributed by atoms with E-state index in [1.165, 1.54) is 0 Å². The highest BCUT2D eigenvalue weighted by molar-refractivity contribution is 5.78. The van der Waals surface area contributed by atoms with Crippen molar-refractivity contribution >= 4 is 11.9 Å².